The number of rotatable bonds is 5. The summed E-state index contributed by atoms with van der Waals surface area (Å²) in [7, 11) is 0. The molecule has 0 bridgehead atoms. The van der Waals surface area contributed by atoms with Gasteiger partial charge in [-0.05, 0) is 54.8 Å². The molecule has 2 aliphatic heterocycles. The van der Waals surface area contributed by atoms with Crippen molar-refractivity contribution in [3.8, 4) is 5.75 Å². The Bertz CT molecular complexity index is 1050. The highest BCUT2D eigenvalue weighted by atomic mass is 32.1. The largest absolute Gasteiger partial charge is 0.494 e. The van der Waals surface area contributed by atoms with Gasteiger partial charge < -0.3 is 4.74 Å². The van der Waals surface area contributed by atoms with E-state index in [4.69, 9.17) is 9.57 Å². The smallest absolute Gasteiger partial charge is 0.266 e. The summed E-state index contributed by atoms with van der Waals surface area (Å²) < 4.78 is 5.46. The summed E-state index contributed by atoms with van der Waals surface area (Å²) in [4.78, 5) is 35.0. The third-order valence-electron chi connectivity index (χ3n) is 5.37. The number of imide groups is 1. The van der Waals surface area contributed by atoms with Crippen LogP contribution in [-0.4, -0.2) is 24.5 Å². The number of carbonyl (C=O) groups is 2. The maximum Gasteiger partial charge on any atom is 0.266 e. The van der Waals surface area contributed by atoms with Crippen molar-refractivity contribution in [1.82, 2.24) is 0 Å². The molecule has 0 radical (unpaired) electrons. The van der Waals surface area contributed by atoms with Gasteiger partial charge in [0.2, 0.25) is 5.91 Å². The van der Waals surface area contributed by atoms with Crippen molar-refractivity contribution in [3.05, 3.63) is 77.0 Å². The van der Waals surface area contributed by atoms with Gasteiger partial charge in [-0.1, -0.05) is 24.3 Å². The number of thiophene rings is 1. The van der Waals surface area contributed by atoms with E-state index < -0.39 is 12.0 Å². The zero-order valence-electron chi connectivity index (χ0n) is 16.3. The van der Waals surface area contributed by atoms with Crippen molar-refractivity contribution >= 4 is 34.5 Å². The molecule has 3 heterocycles. The Morgan fingerprint density at radius 3 is 2.37 bits per heavy atom. The zero-order chi connectivity index (χ0) is 20.7. The van der Waals surface area contributed by atoms with Crippen LogP contribution in [0.1, 0.15) is 17.8 Å². The van der Waals surface area contributed by atoms with Gasteiger partial charge in [0.1, 0.15) is 17.7 Å². The summed E-state index contributed by atoms with van der Waals surface area (Å²) in [5.41, 5.74) is 1.35. The van der Waals surface area contributed by atoms with Crippen LogP contribution in [0.3, 0.4) is 0 Å². The lowest BCUT2D eigenvalue weighted by atomic mass is 9.95. The molecule has 2 aromatic carbocycles. The van der Waals surface area contributed by atoms with Gasteiger partial charge in [0.25, 0.3) is 5.91 Å². The highest BCUT2D eigenvalue weighted by molar-refractivity contribution is 7.10. The lowest BCUT2D eigenvalue weighted by Crippen LogP contribution is -2.37. The molecule has 7 heteroatoms. The summed E-state index contributed by atoms with van der Waals surface area (Å²) in [6, 6.07) is 20.1. The number of benzene rings is 2. The summed E-state index contributed by atoms with van der Waals surface area (Å²) >= 11 is 1.56. The van der Waals surface area contributed by atoms with Crippen molar-refractivity contribution in [1.29, 1.82) is 0 Å². The van der Waals surface area contributed by atoms with Gasteiger partial charge in [-0.3, -0.25) is 14.4 Å². The van der Waals surface area contributed by atoms with Crippen molar-refractivity contribution in [2.45, 2.75) is 19.1 Å². The van der Waals surface area contributed by atoms with Gasteiger partial charge in [0, 0.05) is 4.88 Å². The van der Waals surface area contributed by atoms with Crippen molar-refractivity contribution in [2.75, 3.05) is 16.6 Å². The number of hydrogen-bond acceptors (Lipinski definition) is 6. The number of hydrogen-bond donors (Lipinski definition) is 0. The van der Waals surface area contributed by atoms with E-state index in [0.717, 1.165) is 10.6 Å². The molecule has 0 spiro atoms. The number of anilines is 2. The number of carbonyl (C=O) groups excluding carboxylic acids is 2. The first-order valence-corrected chi connectivity index (χ1v) is 10.7. The van der Waals surface area contributed by atoms with Crippen LogP contribution < -0.4 is 14.7 Å². The van der Waals surface area contributed by atoms with E-state index in [1.807, 2.05) is 54.8 Å². The maximum atomic E-state index is 13.5. The fraction of sp³-hybridized carbons (Fsp3) is 0.217. The van der Waals surface area contributed by atoms with Gasteiger partial charge in [-0.25, -0.2) is 9.96 Å². The van der Waals surface area contributed by atoms with E-state index >= 15 is 0 Å². The topological polar surface area (TPSA) is 59.1 Å². The highest BCUT2D eigenvalue weighted by Crippen LogP contribution is 2.48. The monoisotopic (exact) mass is 420 g/mol. The van der Waals surface area contributed by atoms with E-state index in [9.17, 15) is 9.59 Å². The predicted molar refractivity (Wildman–Crippen MR) is 114 cm³/mol. The van der Waals surface area contributed by atoms with E-state index in [2.05, 4.69) is 0 Å². The van der Waals surface area contributed by atoms with Gasteiger partial charge in [-0.2, -0.15) is 0 Å². The third kappa shape index (κ3) is 2.98. The van der Waals surface area contributed by atoms with Crippen LogP contribution in [0.4, 0.5) is 11.4 Å². The fourth-order valence-corrected chi connectivity index (χ4v) is 4.93. The fourth-order valence-electron chi connectivity index (χ4n) is 4.07. The van der Waals surface area contributed by atoms with Gasteiger partial charge in [0.05, 0.1) is 18.0 Å². The first-order valence-electron chi connectivity index (χ1n) is 9.84. The van der Waals surface area contributed by atoms with Gasteiger partial charge in [0.15, 0.2) is 6.10 Å². The Labute approximate surface area is 178 Å². The normalized spacial score (nSPS) is 23.2. The Morgan fingerprint density at radius 1 is 0.933 bits per heavy atom. The average Bonchev–Trinajstić information content (AvgIpc) is 3.48. The number of hydroxylamine groups is 1. The molecule has 3 atom stereocenters. The molecule has 0 aliphatic carbocycles. The van der Waals surface area contributed by atoms with Crippen LogP contribution in [0.15, 0.2) is 72.1 Å². The number of para-hydroxylation sites is 1. The van der Waals surface area contributed by atoms with Crippen LogP contribution in [0.5, 0.6) is 5.75 Å². The zero-order valence-corrected chi connectivity index (χ0v) is 17.1. The lowest BCUT2D eigenvalue weighted by Gasteiger charge is -2.27. The SMILES string of the molecule is CCOc1ccc(N2C(=O)[C@@H]3[C@@H](ON(c4ccccc4)[C@H]3c3cccs3)C2=O)cc1. The molecule has 0 N–H and O–H groups in total. The maximum absolute atomic E-state index is 13.5. The Hall–Kier alpha value is -3.16. The van der Waals surface area contributed by atoms with E-state index in [1.165, 1.54) is 4.90 Å². The average molecular weight is 420 g/mol. The second-order valence-electron chi connectivity index (χ2n) is 7.11. The number of nitrogens with zero attached hydrogens (tertiary/aromatic N) is 2. The van der Waals surface area contributed by atoms with Gasteiger partial charge in [-0.15, -0.1) is 11.3 Å². The third-order valence-corrected chi connectivity index (χ3v) is 6.31. The molecule has 0 saturated carbocycles. The van der Waals surface area contributed by atoms with Crippen molar-refractivity contribution < 1.29 is 19.2 Å². The summed E-state index contributed by atoms with van der Waals surface area (Å²) in [6.45, 7) is 2.46. The Morgan fingerprint density at radius 2 is 1.70 bits per heavy atom. The van der Waals surface area contributed by atoms with Crippen LogP contribution >= 0.6 is 11.3 Å². The second-order valence-corrected chi connectivity index (χ2v) is 8.09. The van der Waals surface area contributed by atoms with Gasteiger partial charge >= 0.3 is 0 Å². The standard InChI is InChI=1S/C23H20N2O4S/c1-2-28-17-12-10-15(11-13-17)24-22(26)19-20(18-9-6-14-30-18)25(29-21(19)23(24)27)16-7-4-3-5-8-16/h3-14,19-21H,2H2,1H3/t19-,20-,21+/m0/s1. The van der Waals surface area contributed by atoms with Crippen LogP contribution in [0, 0.1) is 5.92 Å². The number of amides is 2. The van der Waals surface area contributed by atoms with Crippen molar-refractivity contribution in [3.63, 3.8) is 0 Å². The summed E-state index contributed by atoms with van der Waals surface area (Å²) in [5, 5.41) is 3.68. The van der Waals surface area contributed by atoms with Crippen LogP contribution in [0.2, 0.25) is 0 Å². The molecule has 152 valence electrons. The van der Waals surface area contributed by atoms with E-state index in [0.29, 0.717) is 18.0 Å². The molecular weight excluding hydrogens is 400 g/mol. The Kier molecular flexibility index (Phi) is 4.77. The molecule has 2 saturated heterocycles. The molecule has 2 fully saturated rings. The van der Waals surface area contributed by atoms with E-state index in [1.54, 1.807) is 40.7 Å². The predicted octanol–water partition coefficient (Wildman–Crippen LogP) is 4.20. The minimum atomic E-state index is -0.851. The number of ether oxygens (including phenoxy) is 1. The van der Waals surface area contributed by atoms with E-state index in [-0.39, 0.29) is 17.9 Å². The molecule has 30 heavy (non-hydrogen) atoms. The molecular formula is C23H20N2O4S. The minimum Gasteiger partial charge on any atom is -0.494 e. The first-order chi connectivity index (χ1) is 14.7. The summed E-state index contributed by atoms with van der Waals surface area (Å²) in [6.07, 6.45) is -0.851. The molecule has 6 nitrogen and oxygen atoms in total. The van der Waals surface area contributed by atoms with Crippen LogP contribution in [0.25, 0.3) is 0 Å². The second kappa shape index (κ2) is 7.59. The highest BCUT2D eigenvalue weighted by Gasteiger charge is 2.60. The minimum absolute atomic E-state index is 0.244. The first kappa shape index (κ1) is 18.8. The molecule has 5 rings (SSSR count). The molecule has 2 aliphatic rings. The summed E-state index contributed by atoms with van der Waals surface area (Å²) in [5.74, 6) is -0.494. The van der Waals surface area contributed by atoms with Crippen LogP contribution in [-0.2, 0) is 14.4 Å². The quantitative estimate of drug-likeness (QED) is 0.579. The lowest BCUT2D eigenvalue weighted by molar-refractivity contribution is -0.126. The molecule has 1 aromatic heterocycles. The number of fused-ring (bicyclic) bond motifs is 1. The molecule has 3 aromatic rings. The molecule has 2 amide bonds. The molecule has 0 unspecified atom stereocenters. The Balaban J connectivity index is 1.51. The van der Waals surface area contributed by atoms with Crippen molar-refractivity contribution in [2.24, 2.45) is 5.92 Å².